The van der Waals surface area contributed by atoms with Crippen LogP contribution in [0.1, 0.15) is 10.4 Å². The Hall–Kier alpha value is -2.86. The lowest BCUT2D eigenvalue weighted by Crippen LogP contribution is -2.19. The smallest absolute Gasteiger partial charge is 0.255 e. The number of halogens is 1. The highest BCUT2D eigenvalue weighted by atomic mass is 19.1. The Morgan fingerprint density at radius 1 is 1.12 bits per heavy atom. The summed E-state index contributed by atoms with van der Waals surface area (Å²) in [6.45, 7) is 2.45. The predicted molar refractivity (Wildman–Crippen MR) is 99.5 cm³/mol. The quantitative estimate of drug-likeness (QED) is 0.610. The molecule has 26 heavy (non-hydrogen) atoms. The fraction of sp³-hybridized carbons (Fsp3) is 0.250. The predicted octanol–water partition coefficient (Wildman–Crippen LogP) is 3.48. The van der Waals surface area contributed by atoms with Crippen LogP contribution in [0.15, 0.2) is 54.6 Å². The molecule has 1 aliphatic heterocycles. The van der Waals surface area contributed by atoms with Crippen LogP contribution in [0.5, 0.6) is 5.75 Å². The Bertz CT molecular complexity index is 782. The molecule has 0 unspecified atom stereocenters. The van der Waals surface area contributed by atoms with Crippen molar-refractivity contribution < 1.29 is 18.7 Å². The van der Waals surface area contributed by atoms with Crippen molar-refractivity contribution in [2.24, 2.45) is 0 Å². The molecule has 3 rings (SSSR count). The summed E-state index contributed by atoms with van der Waals surface area (Å²) in [6.07, 6.45) is 4.21. The largest absolute Gasteiger partial charge is 0.489 e. The number of rotatable bonds is 7. The lowest BCUT2D eigenvalue weighted by atomic mass is 10.1. The fourth-order valence-corrected chi connectivity index (χ4v) is 2.67. The Morgan fingerprint density at radius 2 is 1.85 bits per heavy atom. The van der Waals surface area contributed by atoms with Crippen LogP contribution in [0.2, 0.25) is 0 Å². The molecule has 0 spiro atoms. The number of hydrogen-bond donors (Lipinski definition) is 1. The Labute approximate surface area is 152 Å². The molecule has 0 saturated heterocycles. The number of benzene rings is 2. The first-order valence-electron chi connectivity index (χ1n) is 8.40. The van der Waals surface area contributed by atoms with Gasteiger partial charge in [0.2, 0.25) is 0 Å². The first-order valence-corrected chi connectivity index (χ1v) is 8.40. The number of carbonyl (C=O) groups is 1. The molecule has 1 heterocycles. The van der Waals surface area contributed by atoms with Crippen LogP contribution in [0.3, 0.4) is 0 Å². The standard InChI is InChI=1S/C20H21FN2O3/c1-25-12-13-26-19-9-6-16(21)14-18(19)22-20(24)15-4-7-17(8-5-15)23-10-2-3-11-23/h2-9,14H,10-13H2,1H3,(H,22,24). The zero-order valence-corrected chi connectivity index (χ0v) is 14.6. The number of ether oxygens (including phenoxy) is 2. The maximum absolute atomic E-state index is 13.6. The van der Waals surface area contributed by atoms with Crippen LogP contribution >= 0.6 is 0 Å². The van der Waals surface area contributed by atoms with Crippen LogP contribution in [0.4, 0.5) is 15.8 Å². The molecule has 6 heteroatoms. The molecule has 0 fully saturated rings. The van der Waals surface area contributed by atoms with E-state index in [2.05, 4.69) is 22.4 Å². The third kappa shape index (κ3) is 4.40. The fourth-order valence-electron chi connectivity index (χ4n) is 2.67. The number of nitrogens with zero attached hydrogens (tertiary/aromatic N) is 1. The second-order valence-electron chi connectivity index (χ2n) is 5.86. The summed E-state index contributed by atoms with van der Waals surface area (Å²) in [5.41, 5.74) is 1.84. The highest BCUT2D eigenvalue weighted by Gasteiger charge is 2.13. The summed E-state index contributed by atoms with van der Waals surface area (Å²) in [5.74, 6) is -0.369. The lowest BCUT2D eigenvalue weighted by molar-refractivity contribution is 0.102. The average Bonchev–Trinajstić information content (AvgIpc) is 3.18. The van der Waals surface area contributed by atoms with Gasteiger partial charge in [-0.3, -0.25) is 4.79 Å². The molecule has 0 atom stereocenters. The first kappa shape index (κ1) is 17.9. The number of anilines is 2. The number of methoxy groups -OCH3 is 1. The molecular weight excluding hydrogens is 335 g/mol. The van der Waals surface area contributed by atoms with E-state index >= 15 is 0 Å². The van der Waals surface area contributed by atoms with Crippen molar-refractivity contribution in [2.75, 3.05) is 43.6 Å². The van der Waals surface area contributed by atoms with Crippen LogP contribution in [0.25, 0.3) is 0 Å². The Morgan fingerprint density at radius 3 is 2.54 bits per heavy atom. The van der Waals surface area contributed by atoms with Gasteiger partial charge in [0.15, 0.2) is 0 Å². The molecule has 0 aromatic heterocycles. The minimum Gasteiger partial charge on any atom is -0.489 e. The highest BCUT2D eigenvalue weighted by molar-refractivity contribution is 6.05. The molecule has 0 radical (unpaired) electrons. The van der Waals surface area contributed by atoms with E-state index in [0.717, 1.165) is 18.8 Å². The van der Waals surface area contributed by atoms with Gasteiger partial charge in [-0.05, 0) is 36.4 Å². The van der Waals surface area contributed by atoms with E-state index in [1.807, 2.05) is 12.1 Å². The van der Waals surface area contributed by atoms with Gasteiger partial charge in [-0.2, -0.15) is 0 Å². The van der Waals surface area contributed by atoms with Crippen LogP contribution < -0.4 is 15.0 Å². The first-order chi connectivity index (χ1) is 12.7. The summed E-state index contributed by atoms with van der Waals surface area (Å²) in [7, 11) is 1.57. The summed E-state index contributed by atoms with van der Waals surface area (Å²) >= 11 is 0. The molecule has 2 aromatic rings. The van der Waals surface area contributed by atoms with Crippen molar-refractivity contribution >= 4 is 17.3 Å². The van der Waals surface area contributed by atoms with E-state index in [0.29, 0.717) is 30.2 Å². The van der Waals surface area contributed by atoms with E-state index in [-0.39, 0.29) is 5.91 Å². The third-order valence-electron chi connectivity index (χ3n) is 4.05. The Balaban J connectivity index is 1.69. The minimum absolute atomic E-state index is 0.291. The summed E-state index contributed by atoms with van der Waals surface area (Å²) < 4.78 is 24.0. The summed E-state index contributed by atoms with van der Waals surface area (Å²) in [4.78, 5) is 14.7. The topological polar surface area (TPSA) is 50.8 Å². The van der Waals surface area contributed by atoms with Crippen LogP contribution in [-0.2, 0) is 4.74 Å². The lowest BCUT2D eigenvalue weighted by Gasteiger charge is -2.18. The van der Waals surface area contributed by atoms with Gasteiger partial charge >= 0.3 is 0 Å². The zero-order chi connectivity index (χ0) is 18.4. The minimum atomic E-state index is -0.448. The molecular formula is C20H21FN2O3. The van der Waals surface area contributed by atoms with Gasteiger partial charge in [0.25, 0.3) is 5.91 Å². The molecule has 0 saturated carbocycles. The van der Waals surface area contributed by atoms with E-state index in [1.54, 1.807) is 19.2 Å². The molecule has 0 aliphatic carbocycles. The number of carbonyl (C=O) groups excluding carboxylic acids is 1. The van der Waals surface area contributed by atoms with Crippen molar-refractivity contribution in [2.45, 2.75) is 0 Å². The van der Waals surface area contributed by atoms with E-state index < -0.39 is 5.82 Å². The van der Waals surface area contributed by atoms with Gasteiger partial charge < -0.3 is 19.7 Å². The second kappa shape index (κ2) is 8.49. The van der Waals surface area contributed by atoms with Crippen molar-refractivity contribution in [3.63, 3.8) is 0 Å². The van der Waals surface area contributed by atoms with Crippen molar-refractivity contribution in [3.8, 4) is 5.75 Å². The van der Waals surface area contributed by atoms with Gasteiger partial charge in [0.1, 0.15) is 18.2 Å². The van der Waals surface area contributed by atoms with E-state index in [9.17, 15) is 9.18 Å². The SMILES string of the molecule is COCCOc1ccc(F)cc1NC(=O)c1ccc(N2CC=CC2)cc1. The van der Waals surface area contributed by atoms with E-state index in [1.165, 1.54) is 18.2 Å². The van der Waals surface area contributed by atoms with Crippen LogP contribution in [-0.4, -0.2) is 39.3 Å². The van der Waals surface area contributed by atoms with Gasteiger partial charge in [-0.25, -0.2) is 4.39 Å². The molecule has 1 N–H and O–H groups in total. The normalized spacial score (nSPS) is 13.1. The third-order valence-corrected chi connectivity index (χ3v) is 4.05. The number of nitrogens with one attached hydrogen (secondary N) is 1. The number of hydrogen-bond acceptors (Lipinski definition) is 4. The van der Waals surface area contributed by atoms with Crippen LogP contribution in [0, 0.1) is 5.82 Å². The molecule has 1 amide bonds. The Kier molecular flexibility index (Phi) is 5.86. The van der Waals surface area contributed by atoms with Crippen molar-refractivity contribution in [1.82, 2.24) is 0 Å². The van der Waals surface area contributed by atoms with Crippen molar-refractivity contribution in [3.05, 3.63) is 66.0 Å². The van der Waals surface area contributed by atoms with Gasteiger partial charge in [-0.1, -0.05) is 12.2 Å². The average molecular weight is 356 g/mol. The van der Waals surface area contributed by atoms with Gasteiger partial charge in [0, 0.05) is 37.5 Å². The van der Waals surface area contributed by atoms with Gasteiger partial charge in [-0.15, -0.1) is 0 Å². The maximum Gasteiger partial charge on any atom is 0.255 e. The van der Waals surface area contributed by atoms with Crippen molar-refractivity contribution in [1.29, 1.82) is 0 Å². The molecule has 0 bridgehead atoms. The second-order valence-corrected chi connectivity index (χ2v) is 5.86. The molecule has 2 aromatic carbocycles. The molecule has 5 nitrogen and oxygen atoms in total. The summed E-state index contributed by atoms with van der Waals surface area (Å²) in [5, 5.41) is 2.71. The molecule has 1 aliphatic rings. The number of amides is 1. The summed E-state index contributed by atoms with van der Waals surface area (Å²) in [6, 6.07) is 11.3. The maximum atomic E-state index is 13.6. The molecule has 136 valence electrons. The van der Waals surface area contributed by atoms with E-state index in [4.69, 9.17) is 9.47 Å². The zero-order valence-electron chi connectivity index (χ0n) is 14.6. The monoisotopic (exact) mass is 356 g/mol. The van der Waals surface area contributed by atoms with Gasteiger partial charge in [0.05, 0.1) is 12.3 Å². The highest BCUT2D eigenvalue weighted by Crippen LogP contribution is 2.26.